The SMILES string of the molecule is C=Cc1ccc(N=C=O)o1. The molecule has 0 aromatic carbocycles. The van der Waals surface area contributed by atoms with E-state index in [4.69, 9.17) is 4.42 Å². The number of hydrogen-bond acceptors (Lipinski definition) is 3. The largest absolute Gasteiger partial charge is 0.438 e. The summed E-state index contributed by atoms with van der Waals surface area (Å²) in [6, 6.07) is 3.24. The average Bonchev–Trinajstić information content (AvgIpc) is 2.37. The normalized spacial score (nSPS) is 8.40. The zero-order chi connectivity index (χ0) is 7.40. The number of nitrogens with zero attached hydrogens (tertiary/aromatic N) is 1. The molecule has 10 heavy (non-hydrogen) atoms. The molecule has 3 nitrogen and oxygen atoms in total. The van der Waals surface area contributed by atoms with E-state index in [0.29, 0.717) is 5.76 Å². The van der Waals surface area contributed by atoms with Crippen molar-refractivity contribution in [2.45, 2.75) is 0 Å². The molecule has 0 unspecified atom stereocenters. The average molecular weight is 135 g/mol. The number of furan rings is 1. The van der Waals surface area contributed by atoms with E-state index in [0.717, 1.165) is 0 Å². The van der Waals surface area contributed by atoms with Gasteiger partial charge in [-0.15, -0.1) is 4.99 Å². The summed E-state index contributed by atoms with van der Waals surface area (Å²) in [5.74, 6) is 0.846. The van der Waals surface area contributed by atoms with Crippen molar-refractivity contribution in [3.05, 3.63) is 24.5 Å². The number of isocyanates is 1. The second-order valence-electron chi connectivity index (χ2n) is 1.58. The molecule has 1 aromatic heterocycles. The Kier molecular flexibility index (Phi) is 1.83. The molecule has 0 fully saturated rings. The van der Waals surface area contributed by atoms with Crippen molar-refractivity contribution in [2.75, 3.05) is 0 Å². The van der Waals surface area contributed by atoms with Gasteiger partial charge in [-0.2, -0.15) is 0 Å². The maximum atomic E-state index is 9.69. The fourth-order valence-electron chi connectivity index (χ4n) is 0.557. The van der Waals surface area contributed by atoms with E-state index >= 15 is 0 Å². The standard InChI is InChI=1S/C7H5NO2/c1-2-6-3-4-7(10-6)8-5-9/h2-4H,1H2. The summed E-state index contributed by atoms with van der Waals surface area (Å²) in [6.07, 6.45) is 2.90. The summed E-state index contributed by atoms with van der Waals surface area (Å²) in [6.45, 7) is 3.47. The first-order chi connectivity index (χ1) is 4.86. The van der Waals surface area contributed by atoms with Gasteiger partial charge in [0, 0.05) is 6.07 Å². The Morgan fingerprint density at radius 1 is 1.70 bits per heavy atom. The summed E-state index contributed by atoms with van der Waals surface area (Å²) < 4.78 is 4.93. The van der Waals surface area contributed by atoms with Gasteiger partial charge in [0.15, 0.2) is 0 Å². The highest BCUT2D eigenvalue weighted by atomic mass is 16.4. The van der Waals surface area contributed by atoms with Crippen LogP contribution in [0.2, 0.25) is 0 Å². The van der Waals surface area contributed by atoms with Gasteiger partial charge in [0.25, 0.3) is 0 Å². The first-order valence-electron chi connectivity index (χ1n) is 2.67. The third-order valence-corrected chi connectivity index (χ3v) is 0.970. The lowest BCUT2D eigenvalue weighted by molar-refractivity contribution is 0.551. The molecule has 0 atom stereocenters. The van der Waals surface area contributed by atoms with Crippen LogP contribution in [0.3, 0.4) is 0 Å². The molecule has 0 radical (unpaired) electrons. The highest BCUT2D eigenvalue weighted by Gasteiger charge is 1.93. The van der Waals surface area contributed by atoms with Crippen LogP contribution in [-0.4, -0.2) is 6.08 Å². The van der Waals surface area contributed by atoms with Gasteiger partial charge in [-0.25, -0.2) is 4.79 Å². The zero-order valence-electron chi connectivity index (χ0n) is 5.20. The molecule has 0 aliphatic carbocycles. The van der Waals surface area contributed by atoms with Crippen LogP contribution in [0.15, 0.2) is 28.1 Å². The maximum absolute atomic E-state index is 9.69. The molecular formula is C7H5NO2. The second-order valence-corrected chi connectivity index (χ2v) is 1.58. The molecular weight excluding hydrogens is 130 g/mol. The van der Waals surface area contributed by atoms with E-state index in [1.165, 1.54) is 12.2 Å². The molecule has 1 rings (SSSR count). The lowest BCUT2D eigenvalue weighted by Gasteiger charge is -1.78. The van der Waals surface area contributed by atoms with Crippen molar-refractivity contribution in [3.8, 4) is 0 Å². The van der Waals surface area contributed by atoms with Gasteiger partial charge in [0.1, 0.15) is 5.76 Å². The summed E-state index contributed by atoms with van der Waals surface area (Å²) >= 11 is 0. The van der Waals surface area contributed by atoms with E-state index in [2.05, 4.69) is 11.6 Å². The van der Waals surface area contributed by atoms with Crippen molar-refractivity contribution >= 4 is 18.0 Å². The third-order valence-electron chi connectivity index (χ3n) is 0.970. The predicted molar refractivity (Wildman–Crippen MR) is 36.6 cm³/mol. The minimum absolute atomic E-state index is 0.255. The summed E-state index contributed by atoms with van der Waals surface area (Å²) in [5.41, 5.74) is 0. The topological polar surface area (TPSA) is 42.6 Å². The number of aliphatic imine (C=N–C) groups is 1. The Labute approximate surface area is 57.7 Å². The lowest BCUT2D eigenvalue weighted by Crippen LogP contribution is -1.53. The molecule has 0 saturated carbocycles. The van der Waals surface area contributed by atoms with Crippen LogP contribution in [0, 0.1) is 0 Å². The van der Waals surface area contributed by atoms with Crippen LogP contribution in [-0.2, 0) is 4.79 Å². The van der Waals surface area contributed by atoms with Gasteiger partial charge in [0.2, 0.25) is 12.0 Å². The first-order valence-corrected chi connectivity index (χ1v) is 2.67. The first kappa shape index (κ1) is 6.52. The molecule has 0 amide bonds. The molecule has 0 N–H and O–H groups in total. The van der Waals surface area contributed by atoms with Gasteiger partial charge in [-0.3, -0.25) is 0 Å². The molecule has 0 bridgehead atoms. The van der Waals surface area contributed by atoms with E-state index in [1.807, 2.05) is 0 Å². The Hall–Kier alpha value is -1.60. The fraction of sp³-hybridized carbons (Fsp3) is 0. The Morgan fingerprint density at radius 3 is 3.00 bits per heavy atom. The van der Waals surface area contributed by atoms with Crippen molar-refractivity contribution in [2.24, 2.45) is 4.99 Å². The minimum Gasteiger partial charge on any atom is -0.438 e. The van der Waals surface area contributed by atoms with E-state index in [9.17, 15) is 4.79 Å². The summed E-state index contributed by atoms with van der Waals surface area (Å²) in [4.78, 5) is 12.9. The van der Waals surface area contributed by atoms with Crippen LogP contribution in [0.1, 0.15) is 5.76 Å². The third kappa shape index (κ3) is 1.21. The molecule has 0 saturated heterocycles. The van der Waals surface area contributed by atoms with Gasteiger partial charge in [0.05, 0.1) is 0 Å². The van der Waals surface area contributed by atoms with Gasteiger partial charge in [-0.05, 0) is 12.1 Å². The van der Waals surface area contributed by atoms with Crippen LogP contribution in [0.25, 0.3) is 6.08 Å². The lowest BCUT2D eigenvalue weighted by atomic mass is 10.4. The van der Waals surface area contributed by atoms with E-state index in [1.54, 1.807) is 12.1 Å². The second kappa shape index (κ2) is 2.80. The molecule has 50 valence electrons. The van der Waals surface area contributed by atoms with Crippen LogP contribution >= 0.6 is 0 Å². The quantitative estimate of drug-likeness (QED) is 0.459. The number of carbonyl (C=O) groups excluding carboxylic acids is 1. The monoisotopic (exact) mass is 135 g/mol. The van der Waals surface area contributed by atoms with Crippen molar-refractivity contribution in [1.82, 2.24) is 0 Å². The van der Waals surface area contributed by atoms with Gasteiger partial charge < -0.3 is 4.42 Å². The summed E-state index contributed by atoms with van der Waals surface area (Å²) in [7, 11) is 0. The van der Waals surface area contributed by atoms with Crippen LogP contribution < -0.4 is 0 Å². The Bertz CT molecular complexity index is 282. The highest BCUT2D eigenvalue weighted by Crippen LogP contribution is 2.15. The van der Waals surface area contributed by atoms with Gasteiger partial charge in [-0.1, -0.05) is 6.58 Å². The molecule has 0 aliphatic rings. The molecule has 0 aliphatic heterocycles. The van der Waals surface area contributed by atoms with Crippen molar-refractivity contribution < 1.29 is 9.21 Å². The fourth-order valence-corrected chi connectivity index (χ4v) is 0.557. The zero-order valence-corrected chi connectivity index (χ0v) is 5.20. The molecule has 1 heterocycles. The highest BCUT2D eigenvalue weighted by molar-refractivity contribution is 5.47. The maximum Gasteiger partial charge on any atom is 0.243 e. The number of rotatable bonds is 2. The van der Waals surface area contributed by atoms with Gasteiger partial charge >= 0.3 is 0 Å². The predicted octanol–water partition coefficient (Wildman–Crippen LogP) is 1.89. The van der Waals surface area contributed by atoms with E-state index < -0.39 is 0 Å². The molecule has 0 spiro atoms. The molecule has 3 heteroatoms. The van der Waals surface area contributed by atoms with E-state index in [-0.39, 0.29) is 5.88 Å². The van der Waals surface area contributed by atoms with Crippen molar-refractivity contribution in [1.29, 1.82) is 0 Å². The number of hydrogen-bond donors (Lipinski definition) is 0. The Morgan fingerprint density at radius 2 is 2.50 bits per heavy atom. The molecule has 1 aromatic rings. The Balaban J connectivity index is 2.98. The smallest absolute Gasteiger partial charge is 0.243 e. The summed E-state index contributed by atoms with van der Waals surface area (Å²) in [5, 5.41) is 0. The van der Waals surface area contributed by atoms with Crippen molar-refractivity contribution in [3.63, 3.8) is 0 Å². The van der Waals surface area contributed by atoms with Crippen LogP contribution in [0.4, 0.5) is 5.88 Å². The van der Waals surface area contributed by atoms with Crippen LogP contribution in [0.5, 0.6) is 0 Å². The minimum atomic E-state index is 0.255.